The number of thioether (sulfide) groups is 1. The zero-order chi connectivity index (χ0) is 26.4. The molecule has 2 amide bonds. The van der Waals surface area contributed by atoms with Crippen molar-refractivity contribution in [2.45, 2.75) is 31.6 Å². The Morgan fingerprint density at radius 3 is 2.53 bits per heavy atom. The van der Waals surface area contributed by atoms with E-state index in [1.54, 1.807) is 36.4 Å². The highest BCUT2D eigenvalue weighted by molar-refractivity contribution is 7.99. The predicted octanol–water partition coefficient (Wildman–Crippen LogP) is 6.94. The average Bonchev–Trinajstić information content (AvgIpc) is 3.21. The third-order valence-electron chi connectivity index (χ3n) is 5.02. The summed E-state index contributed by atoms with van der Waals surface area (Å²) in [6, 6.07) is 9.20. The van der Waals surface area contributed by atoms with Crippen molar-refractivity contribution in [1.29, 1.82) is 0 Å². The molecule has 0 unspecified atom stereocenters. The number of aromatic nitrogens is 3. The first-order chi connectivity index (χ1) is 17.1. The summed E-state index contributed by atoms with van der Waals surface area (Å²) in [6.07, 6.45) is 1.69. The minimum absolute atomic E-state index is 0.0288. The van der Waals surface area contributed by atoms with Gasteiger partial charge in [0.2, 0.25) is 5.91 Å². The van der Waals surface area contributed by atoms with Crippen LogP contribution in [0.15, 0.2) is 54.2 Å². The van der Waals surface area contributed by atoms with Gasteiger partial charge in [-0.2, -0.15) is 0 Å². The van der Waals surface area contributed by atoms with Crippen molar-refractivity contribution >= 4 is 75.7 Å². The van der Waals surface area contributed by atoms with Crippen molar-refractivity contribution < 1.29 is 9.59 Å². The summed E-state index contributed by atoms with van der Waals surface area (Å²) in [4.78, 5) is 25.5. The fourth-order valence-electron chi connectivity index (χ4n) is 3.28. The number of nitrogens with zero attached hydrogens (tertiary/aromatic N) is 3. The van der Waals surface area contributed by atoms with Gasteiger partial charge in [0.15, 0.2) is 11.0 Å². The van der Waals surface area contributed by atoms with Crippen molar-refractivity contribution in [2.24, 2.45) is 5.92 Å². The summed E-state index contributed by atoms with van der Waals surface area (Å²) in [7, 11) is 0. The number of anilines is 1. The summed E-state index contributed by atoms with van der Waals surface area (Å²) >= 11 is 25.5. The van der Waals surface area contributed by atoms with E-state index in [1.165, 1.54) is 17.8 Å². The van der Waals surface area contributed by atoms with Gasteiger partial charge in [-0.3, -0.25) is 9.59 Å². The Bertz CT molecular complexity index is 1280. The highest BCUT2D eigenvalue weighted by Crippen LogP contribution is 2.30. The number of hydrogen-bond donors (Lipinski definition) is 2. The number of carbonyl (C=O) groups is 2. The van der Waals surface area contributed by atoms with Crippen molar-refractivity contribution in [3.63, 3.8) is 0 Å². The topological polar surface area (TPSA) is 88.9 Å². The van der Waals surface area contributed by atoms with E-state index in [4.69, 9.17) is 46.4 Å². The van der Waals surface area contributed by atoms with Gasteiger partial charge >= 0.3 is 0 Å². The Hall–Kier alpha value is -2.23. The first kappa shape index (κ1) is 28.3. The number of allylic oxidation sites excluding steroid dienone is 1. The summed E-state index contributed by atoms with van der Waals surface area (Å²) < 4.78 is 1.81. The molecular formula is C24H23Cl4N5O2S. The molecule has 1 aromatic heterocycles. The van der Waals surface area contributed by atoms with Crippen LogP contribution in [0.4, 0.5) is 5.69 Å². The first-order valence-corrected chi connectivity index (χ1v) is 13.3. The number of halogens is 4. The van der Waals surface area contributed by atoms with Crippen LogP contribution in [0.25, 0.3) is 0 Å². The van der Waals surface area contributed by atoms with Gasteiger partial charge in [0.1, 0.15) is 0 Å². The fourth-order valence-corrected chi connectivity index (χ4v) is 4.87. The van der Waals surface area contributed by atoms with Gasteiger partial charge in [-0.25, -0.2) is 0 Å². The minimum atomic E-state index is -0.481. The lowest BCUT2D eigenvalue weighted by atomic mass is 10.0. The fraction of sp³-hybridized carbons (Fsp3) is 0.250. The lowest BCUT2D eigenvalue weighted by Crippen LogP contribution is -2.34. The molecule has 2 aromatic carbocycles. The van der Waals surface area contributed by atoms with Crippen LogP contribution in [0.2, 0.25) is 20.1 Å². The van der Waals surface area contributed by atoms with Crippen LogP contribution < -0.4 is 10.6 Å². The molecule has 1 heterocycles. The Labute approximate surface area is 233 Å². The van der Waals surface area contributed by atoms with Gasteiger partial charge in [0.25, 0.3) is 5.91 Å². The molecule has 190 valence electrons. The van der Waals surface area contributed by atoms with Crippen LogP contribution in [0.3, 0.4) is 0 Å². The highest BCUT2D eigenvalue weighted by atomic mass is 35.5. The predicted molar refractivity (Wildman–Crippen MR) is 148 cm³/mol. The van der Waals surface area contributed by atoms with E-state index in [-0.39, 0.29) is 33.5 Å². The smallest absolute Gasteiger partial charge is 0.253 e. The maximum Gasteiger partial charge on any atom is 0.253 e. The quantitative estimate of drug-likeness (QED) is 0.198. The van der Waals surface area contributed by atoms with Crippen LogP contribution in [0.1, 0.15) is 36.1 Å². The number of carbonyl (C=O) groups excluding carboxylic acids is 2. The van der Waals surface area contributed by atoms with Gasteiger partial charge in [0, 0.05) is 11.6 Å². The van der Waals surface area contributed by atoms with Gasteiger partial charge in [-0.1, -0.05) is 84.2 Å². The maximum atomic E-state index is 13.0. The second-order valence-corrected chi connectivity index (χ2v) is 10.6. The first-order valence-electron chi connectivity index (χ1n) is 10.8. The van der Waals surface area contributed by atoms with Crippen LogP contribution >= 0.6 is 58.2 Å². The molecule has 0 bridgehead atoms. The van der Waals surface area contributed by atoms with E-state index >= 15 is 0 Å². The second-order valence-electron chi connectivity index (χ2n) is 8.00. The molecule has 0 aliphatic carbocycles. The molecule has 0 radical (unpaired) electrons. The van der Waals surface area contributed by atoms with E-state index in [0.29, 0.717) is 38.8 Å². The summed E-state index contributed by atoms with van der Waals surface area (Å²) in [5, 5.41) is 16.1. The standard InChI is InChI=1S/C24H23Cl4N5O2S/c1-4-10-33-22(21(13(2)3)30-23(35)15-9-8-14(25)11-17(15)27)31-32-24(33)36-12-19(34)29-18-7-5-6-16(26)20(18)28/h4-9,11,13,21H,1,10,12H2,2-3H3,(H,29,34)(H,30,35)/t21-/m0/s1. The van der Waals surface area contributed by atoms with Crippen molar-refractivity contribution in [2.75, 3.05) is 11.1 Å². The molecule has 1 atom stereocenters. The van der Waals surface area contributed by atoms with Gasteiger partial charge in [-0.15, -0.1) is 16.8 Å². The number of nitrogens with one attached hydrogen (secondary N) is 2. The molecular weight excluding hydrogens is 564 g/mol. The normalized spacial score (nSPS) is 11.9. The lowest BCUT2D eigenvalue weighted by Gasteiger charge is -2.23. The SMILES string of the molecule is C=CCn1c(SCC(=O)Nc2cccc(Cl)c2Cl)nnc1[C@@H](NC(=O)c1ccc(Cl)cc1Cl)C(C)C. The lowest BCUT2D eigenvalue weighted by molar-refractivity contribution is -0.113. The third-order valence-corrected chi connectivity index (χ3v) is 7.36. The Balaban J connectivity index is 1.78. The van der Waals surface area contributed by atoms with E-state index in [9.17, 15) is 9.59 Å². The Morgan fingerprint density at radius 1 is 1.11 bits per heavy atom. The largest absolute Gasteiger partial charge is 0.342 e. The summed E-state index contributed by atoms with van der Waals surface area (Å²) in [6.45, 7) is 8.10. The summed E-state index contributed by atoms with van der Waals surface area (Å²) in [5.74, 6) is -0.0968. The van der Waals surface area contributed by atoms with Crippen LogP contribution in [-0.4, -0.2) is 32.3 Å². The van der Waals surface area contributed by atoms with E-state index in [0.717, 1.165) is 0 Å². The second kappa shape index (κ2) is 12.8. The Kier molecular flexibility index (Phi) is 10.1. The zero-order valence-corrected chi connectivity index (χ0v) is 23.2. The van der Waals surface area contributed by atoms with Crippen molar-refractivity contribution in [1.82, 2.24) is 20.1 Å². The monoisotopic (exact) mass is 585 g/mol. The molecule has 36 heavy (non-hydrogen) atoms. The van der Waals surface area contributed by atoms with Crippen LogP contribution in [0, 0.1) is 5.92 Å². The maximum absolute atomic E-state index is 13.0. The molecule has 3 rings (SSSR count). The number of benzene rings is 2. The molecule has 12 heteroatoms. The summed E-state index contributed by atoms with van der Waals surface area (Å²) in [5.41, 5.74) is 0.721. The number of hydrogen-bond acceptors (Lipinski definition) is 5. The number of amides is 2. The molecule has 0 spiro atoms. The molecule has 2 N–H and O–H groups in total. The molecule has 0 saturated heterocycles. The third kappa shape index (κ3) is 6.95. The van der Waals surface area contributed by atoms with E-state index < -0.39 is 6.04 Å². The van der Waals surface area contributed by atoms with Gasteiger partial charge in [-0.05, 0) is 36.2 Å². The van der Waals surface area contributed by atoms with Crippen LogP contribution in [0.5, 0.6) is 0 Å². The molecule has 7 nitrogen and oxygen atoms in total. The molecule has 0 fully saturated rings. The molecule has 3 aromatic rings. The highest BCUT2D eigenvalue weighted by Gasteiger charge is 2.27. The van der Waals surface area contributed by atoms with Gasteiger partial charge in [0.05, 0.1) is 38.1 Å². The zero-order valence-electron chi connectivity index (χ0n) is 19.4. The van der Waals surface area contributed by atoms with E-state index in [2.05, 4.69) is 27.4 Å². The average molecular weight is 587 g/mol. The number of rotatable bonds is 10. The van der Waals surface area contributed by atoms with Crippen molar-refractivity contribution in [3.05, 3.63) is 80.5 Å². The molecule has 0 aliphatic heterocycles. The molecule has 0 saturated carbocycles. The van der Waals surface area contributed by atoms with E-state index in [1.807, 2.05) is 18.4 Å². The minimum Gasteiger partial charge on any atom is -0.342 e. The Morgan fingerprint density at radius 2 is 1.86 bits per heavy atom. The van der Waals surface area contributed by atoms with Crippen molar-refractivity contribution in [3.8, 4) is 0 Å². The van der Waals surface area contributed by atoms with Gasteiger partial charge < -0.3 is 15.2 Å². The molecule has 0 aliphatic rings. The van der Waals surface area contributed by atoms with Crippen LogP contribution in [-0.2, 0) is 11.3 Å².